The number of allylic oxidation sites excluding steroid dienone is 1. The van der Waals surface area contributed by atoms with Crippen LogP contribution in [0, 0.1) is 6.58 Å². The first-order valence-electron chi connectivity index (χ1n) is 2.66. The van der Waals surface area contributed by atoms with Gasteiger partial charge in [0, 0.05) is 12.2 Å². The van der Waals surface area contributed by atoms with Crippen LogP contribution in [-0.4, -0.2) is 6.54 Å². The summed E-state index contributed by atoms with van der Waals surface area (Å²) >= 11 is 0. The van der Waals surface area contributed by atoms with Crippen molar-refractivity contribution in [2.75, 3.05) is 6.54 Å². The lowest BCUT2D eigenvalue weighted by Crippen LogP contribution is -2.09. The minimum absolute atomic E-state index is 0.877. The van der Waals surface area contributed by atoms with Gasteiger partial charge in [0.25, 0.3) is 0 Å². The molecule has 0 spiro atoms. The SMILES string of the molecule is [CH]=C(CC)NCC. The summed E-state index contributed by atoms with van der Waals surface area (Å²) in [5.74, 6) is 0. The average molecular weight is 98.2 g/mol. The second-order valence-corrected chi connectivity index (χ2v) is 1.41. The van der Waals surface area contributed by atoms with Crippen molar-refractivity contribution in [1.82, 2.24) is 5.32 Å². The molecule has 41 valence electrons. The molecule has 0 saturated carbocycles. The molecule has 0 unspecified atom stereocenters. The Morgan fingerprint density at radius 1 is 1.57 bits per heavy atom. The van der Waals surface area contributed by atoms with Gasteiger partial charge in [0.1, 0.15) is 0 Å². The molecule has 0 atom stereocenters. The van der Waals surface area contributed by atoms with E-state index in [0.29, 0.717) is 0 Å². The minimum Gasteiger partial charge on any atom is -0.389 e. The molecule has 0 heterocycles. The Morgan fingerprint density at radius 2 is 2.14 bits per heavy atom. The fourth-order valence-corrected chi connectivity index (χ4v) is 0.352. The van der Waals surface area contributed by atoms with Crippen molar-refractivity contribution in [3.8, 4) is 0 Å². The van der Waals surface area contributed by atoms with Gasteiger partial charge in [-0.25, -0.2) is 0 Å². The Kier molecular flexibility index (Phi) is 3.48. The van der Waals surface area contributed by atoms with E-state index in [4.69, 9.17) is 6.58 Å². The Labute approximate surface area is 45.4 Å². The van der Waals surface area contributed by atoms with Crippen molar-refractivity contribution in [3.05, 3.63) is 12.3 Å². The van der Waals surface area contributed by atoms with Crippen LogP contribution < -0.4 is 5.32 Å². The van der Waals surface area contributed by atoms with Gasteiger partial charge in [0.05, 0.1) is 0 Å². The van der Waals surface area contributed by atoms with E-state index < -0.39 is 0 Å². The lowest BCUT2D eigenvalue weighted by atomic mass is 10.4. The van der Waals surface area contributed by atoms with Crippen LogP contribution in [-0.2, 0) is 0 Å². The minimum atomic E-state index is 0.877. The number of hydrogen-bond acceptors (Lipinski definition) is 1. The van der Waals surface area contributed by atoms with Crippen molar-refractivity contribution >= 4 is 0 Å². The Hall–Kier alpha value is -0.460. The summed E-state index contributed by atoms with van der Waals surface area (Å²) in [6.45, 7) is 10.4. The highest BCUT2D eigenvalue weighted by atomic mass is 14.9. The molecule has 0 aliphatic heterocycles. The highest BCUT2D eigenvalue weighted by Gasteiger charge is 1.80. The summed E-state index contributed by atoms with van der Waals surface area (Å²) in [4.78, 5) is 0. The maximum Gasteiger partial charge on any atom is 0.0115 e. The third kappa shape index (κ3) is 3.37. The van der Waals surface area contributed by atoms with E-state index in [1.54, 1.807) is 0 Å². The van der Waals surface area contributed by atoms with Crippen LogP contribution >= 0.6 is 0 Å². The first kappa shape index (κ1) is 6.54. The predicted octanol–water partition coefficient (Wildman–Crippen LogP) is 1.32. The van der Waals surface area contributed by atoms with Crippen LogP contribution in [0.3, 0.4) is 0 Å². The van der Waals surface area contributed by atoms with Crippen LogP contribution in [0.15, 0.2) is 5.70 Å². The fourth-order valence-electron chi connectivity index (χ4n) is 0.352. The van der Waals surface area contributed by atoms with Crippen molar-refractivity contribution in [1.29, 1.82) is 0 Å². The molecule has 0 aromatic heterocycles. The Morgan fingerprint density at radius 3 is 2.29 bits per heavy atom. The molecular weight excluding hydrogens is 86.1 g/mol. The summed E-state index contributed by atoms with van der Waals surface area (Å²) < 4.78 is 0. The zero-order valence-corrected chi connectivity index (χ0v) is 4.99. The summed E-state index contributed by atoms with van der Waals surface area (Å²) in [5.41, 5.74) is 0.877. The zero-order chi connectivity index (χ0) is 5.70. The molecule has 0 fully saturated rings. The van der Waals surface area contributed by atoms with Gasteiger partial charge < -0.3 is 5.32 Å². The molecule has 0 aromatic carbocycles. The molecule has 1 radical (unpaired) electrons. The van der Waals surface area contributed by atoms with Crippen molar-refractivity contribution in [2.45, 2.75) is 20.3 Å². The molecule has 0 rings (SSSR count). The second kappa shape index (κ2) is 3.72. The van der Waals surface area contributed by atoms with E-state index in [1.165, 1.54) is 0 Å². The van der Waals surface area contributed by atoms with Gasteiger partial charge in [0.2, 0.25) is 0 Å². The van der Waals surface area contributed by atoms with Crippen LogP contribution in [0.4, 0.5) is 0 Å². The first-order valence-corrected chi connectivity index (χ1v) is 2.66. The molecule has 7 heavy (non-hydrogen) atoms. The van der Waals surface area contributed by atoms with E-state index in [1.807, 2.05) is 13.8 Å². The monoisotopic (exact) mass is 98.1 g/mol. The van der Waals surface area contributed by atoms with Crippen molar-refractivity contribution in [3.63, 3.8) is 0 Å². The average Bonchev–Trinajstić information content (AvgIpc) is 1.68. The topological polar surface area (TPSA) is 12.0 Å². The van der Waals surface area contributed by atoms with Gasteiger partial charge >= 0.3 is 0 Å². The van der Waals surface area contributed by atoms with Gasteiger partial charge in [-0.2, -0.15) is 0 Å². The van der Waals surface area contributed by atoms with Crippen LogP contribution in [0.5, 0.6) is 0 Å². The third-order valence-electron chi connectivity index (χ3n) is 0.785. The molecule has 0 amide bonds. The number of rotatable bonds is 3. The Bertz CT molecular complexity index is 57.2. The van der Waals surface area contributed by atoms with Crippen LogP contribution in [0.25, 0.3) is 0 Å². The standard InChI is InChI=1S/C6H12N/c1-4-6(3)7-5-2/h3,7H,4-5H2,1-2H3. The van der Waals surface area contributed by atoms with Gasteiger partial charge in [-0.1, -0.05) is 6.92 Å². The smallest absolute Gasteiger partial charge is 0.0115 e. The summed E-state index contributed by atoms with van der Waals surface area (Å²) in [7, 11) is 0. The van der Waals surface area contributed by atoms with E-state index in [2.05, 4.69) is 5.32 Å². The van der Waals surface area contributed by atoms with Gasteiger partial charge in [-0.3, -0.25) is 0 Å². The Balaban J connectivity index is 3.00. The molecule has 0 aliphatic rings. The van der Waals surface area contributed by atoms with Crippen LogP contribution in [0.1, 0.15) is 20.3 Å². The first-order chi connectivity index (χ1) is 3.31. The molecule has 1 heteroatoms. The molecule has 0 aromatic rings. The largest absolute Gasteiger partial charge is 0.389 e. The summed E-state index contributed by atoms with van der Waals surface area (Å²) in [6.07, 6.45) is 0.924. The fraction of sp³-hybridized carbons (Fsp3) is 0.667. The maximum absolute atomic E-state index is 5.39. The van der Waals surface area contributed by atoms with E-state index in [-0.39, 0.29) is 0 Å². The molecule has 0 bridgehead atoms. The van der Waals surface area contributed by atoms with Gasteiger partial charge in [-0.15, -0.1) is 0 Å². The lowest BCUT2D eigenvalue weighted by molar-refractivity contribution is 0.809. The highest BCUT2D eigenvalue weighted by Crippen LogP contribution is 1.86. The number of hydrogen-bond donors (Lipinski definition) is 1. The van der Waals surface area contributed by atoms with Crippen molar-refractivity contribution in [2.24, 2.45) is 0 Å². The van der Waals surface area contributed by atoms with Gasteiger partial charge in [-0.05, 0) is 19.9 Å². The van der Waals surface area contributed by atoms with E-state index in [0.717, 1.165) is 18.7 Å². The molecule has 1 N–H and O–H groups in total. The lowest BCUT2D eigenvalue weighted by Gasteiger charge is -1.99. The maximum atomic E-state index is 5.39. The van der Waals surface area contributed by atoms with Crippen LogP contribution in [0.2, 0.25) is 0 Å². The number of nitrogens with one attached hydrogen (secondary N) is 1. The highest BCUT2D eigenvalue weighted by molar-refractivity contribution is 4.84. The normalized spacial score (nSPS) is 8.29. The third-order valence-corrected chi connectivity index (χ3v) is 0.785. The molecular formula is C6H12N. The molecule has 0 saturated heterocycles. The zero-order valence-electron chi connectivity index (χ0n) is 4.99. The van der Waals surface area contributed by atoms with E-state index in [9.17, 15) is 0 Å². The molecule has 0 aliphatic carbocycles. The predicted molar refractivity (Wildman–Crippen MR) is 31.8 cm³/mol. The van der Waals surface area contributed by atoms with Crippen molar-refractivity contribution < 1.29 is 0 Å². The summed E-state index contributed by atoms with van der Waals surface area (Å²) in [5, 5.41) is 2.99. The quantitative estimate of drug-likeness (QED) is 0.561. The second-order valence-electron chi connectivity index (χ2n) is 1.41. The summed E-state index contributed by atoms with van der Waals surface area (Å²) in [6, 6.07) is 0. The van der Waals surface area contributed by atoms with Gasteiger partial charge in [0.15, 0.2) is 0 Å². The van der Waals surface area contributed by atoms with E-state index >= 15 is 0 Å². The molecule has 1 nitrogen and oxygen atoms in total.